The fourth-order valence-electron chi connectivity index (χ4n) is 1.60. The van der Waals surface area contributed by atoms with Crippen molar-refractivity contribution >= 4 is 39.0 Å². The van der Waals surface area contributed by atoms with Crippen LogP contribution >= 0.6 is 39.0 Å². The van der Waals surface area contributed by atoms with Gasteiger partial charge in [0.1, 0.15) is 5.01 Å². The first-order valence-corrected chi connectivity index (χ1v) is 8.57. The molecule has 0 saturated heterocycles. The zero-order valence-corrected chi connectivity index (χ0v) is 14.6. The Balaban J connectivity index is 2.06. The van der Waals surface area contributed by atoms with Crippen LogP contribution in [0, 0.1) is 6.92 Å². The molecule has 0 fully saturated rings. The van der Waals surface area contributed by atoms with E-state index in [9.17, 15) is 0 Å². The van der Waals surface area contributed by atoms with E-state index in [2.05, 4.69) is 49.6 Å². The highest BCUT2D eigenvalue weighted by atomic mass is 79.9. The molecular weight excluding hydrogens is 358 g/mol. The molecule has 0 radical (unpaired) electrons. The molecule has 4 nitrogen and oxygen atoms in total. The molecule has 1 aromatic heterocycles. The molecule has 0 aliphatic heterocycles. The van der Waals surface area contributed by atoms with Gasteiger partial charge >= 0.3 is 0 Å². The molecule has 20 heavy (non-hydrogen) atoms. The van der Waals surface area contributed by atoms with Gasteiger partial charge in [0, 0.05) is 29.6 Å². The molecule has 0 bridgehead atoms. The molecule has 2 rings (SSSR count). The topological polar surface area (TPSA) is 47.0 Å². The van der Waals surface area contributed by atoms with Crippen LogP contribution in [0.5, 0.6) is 0 Å². The SMILES string of the molecule is COCCNCc1cc(Br)ccc1Sc1nnc(C)s1. The van der Waals surface area contributed by atoms with Gasteiger partial charge in [-0.1, -0.05) is 39.0 Å². The Morgan fingerprint density at radius 3 is 2.95 bits per heavy atom. The molecule has 0 atom stereocenters. The highest BCUT2D eigenvalue weighted by Crippen LogP contribution is 2.33. The maximum absolute atomic E-state index is 5.04. The number of benzene rings is 1. The number of aryl methyl sites for hydroxylation is 1. The van der Waals surface area contributed by atoms with Gasteiger partial charge in [0.2, 0.25) is 0 Å². The van der Waals surface area contributed by atoms with Crippen LogP contribution in [0.2, 0.25) is 0 Å². The zero-order valence-electron chi connectivity index (χ0n) is 11.4. The summed E-state index contributed by atoms with van der Waals surface area (Å²) in [5, 5.41) is 12.6. The lowest BCUT2D eigenvalue weighted by atomic mass is 10.2. The van der Waals surface area contributed by atoms with Crippen molar-refractivity contribution in [3.8, 4) is 0 Å². The largest absolute Gasteiger partial charge is 0.383 e. The van der Waals surface area contributed by atoms with Crippen molar-refractivity contribution in [1.82, 2.24) is 15.5 Å². The number of hydrogen-bond acceptors (Lipinski definition) is 6. The molecule has 1 aromatic carbocycles. The Kier molecular flexibility index (Phi) is 6.44. The van der Waals surface area contributed by atoms with Gasteiger partial charge in [0.05, 0.1) is 6.61 Å². The van der Waals surface area contributed by atoms with Crippen LogP contribution in [0.25, 0.3) is 0 Å². The number of aromatic nitrogens is 2. The van der Waals surface area contributed by atoms with Crippen molar-refractivity contribution < 1.29 is 4.74 Å². The fourth-order valence-corrected chi connectivity index (χ4v) is 3.89. The Morgan fingerprint density at radius 2 is 2.25 bits per heavy atom. The second-order valence-electron chi connectivity index (χ2n) is 4.11. The monoisotopic (exact) mass is 373 g/mol. The second-order valence-corrected chi connectivity index (χ2v) is 7.50. The average molecular weight is 374 g/mol. The van der Waals surface area contributed by atoms with Crippen molar-refractivity contribution in [3.05, 3.63) is 33.2 Å². The van der Waals surface area contributed by atoms with Crippen LogP contribution < -0.4 is 5.32 Å². The first-order chi connectivity index (χ1) is 9.69. The summed E-state index contributed by atoms with van der Waals surface area (Å²) in [6.45, 7) is 4.33. The Hall–Kier alpha value is -0.470. The van der Waals surface area contributed by atoms with E-state index in [1.165, 1.54) is 10.5 Å². The Labute approximate surface area is 135 Å². The summed E-state index contributed by atoms with van der Waals surface area (Å²) >= 11 is 6.80. The lowest BCUT2D eigenvalue weighted by Crippen LogP contribution is -2.18. The number of rotatable bonds is 7. The number of ether oxygens (including phenoxy) is 1. The van der Waals surface area contributed by atoms with E-state index < -0.39 is 0 Å². The van der Waals surface area contributed by atoms with Gasteiger partial charge in [0.15, 0.2) is 4.34 Å². The molecule has 0 aliphatic carbocycles. The molecule has 2 aromatic rings. The predicted molar refractivity (Wildman–Crippen MR) is 86.5 cm³/mol. The Morgan fingerprint density at radius 1 is 1.40 bits per heavy atom. The zero-order chi connectivity index (χ0) is 14.4. The number of hydrogen-bond donors (Lipinski definition) is 1. The smallest absolute Gasteiger partial charge is 0.179 e. The van der Waals surface area contributed by atoms with Gasteiger partial charge in [0.25, 0.3) is 0 Å². The summed E-state index contributed by atoms with van der Waals surface area (Å²) in [4.78, 5) is 1.20. The fraction of sp³-hybridized carbons (Fsp3) is 0.385. The van der Waals surface area contributed by atoms with Crippen LogP contribution in [0.1, 0.15) is 10.6 Å². The lowest BCUT2D eigenvalue weighted by Gasteiger charge is -2.09. The van der Waals surface area contributed by atoms with Crippen LogP contribution in [-0.4, -0.2) is 30.5 Å². The summed E-state index contributed by atoms with van der Waals surface area (Å²) in [5.41, 5.74) is 1.24. The summed E-state index contributed by atoms with van der Waals surface area (Å²) in [6.07, 6.45) is 0. The van der Waals surface area contributed by atoms with Crippen LogP contribution in [0.15, 0.2) is 31.9 Å². The molecule has 0 saturated carbocycles. The summed E-state index contributed by atoms with van der Waals surface area (Å²) in [6, 6.07) is 6.30. The first kappa shape index (κ1) is 15.9. The first-order valence-electron chi connectivity index (χ1n) is 6.15. The molecule has 0 amide bonds. The predicted octanol–water partition coefficient (Wildman–Crippen LogP) is 3.50. The molecule has 108 valence electrons. The highest BCUT2D eigenvalue weighted by Gasteiger charge is 2.08. The minimum atomic E-state index is 0.714. The number of methoxy groups -OCH3 is 1. The van der Waals surface area contributed by atoms with Crippen LogP contribution in [0.4, 0.5) is 0 Å². The van der Waals surface area contributed by atoms with Crippen molar-refractivity contribution in [1.29, 1.82) is 0 Å². The molecule has 1 heterocycles. The third-order valence-electron chi connectivity index (χ3n) is 2.53. The second kappa shape index (κ2) is 8.09. The lowest BCUT2D eigenvalue weighted by molar-refractivity contribution is 0.199. The maximum atomic E-state index is 5.04. The van der Waals surface area contributed by atoms with Crippen LogP contribution in [0.3, 0.4) is 0 Å². The van der Waals surface area contributed by atoms with E-state index in [4.69, 9.17) is 4.74 Å². The third kappa shape index (κ3) is 4.82. The van der Waals surface area contributed by atoms with Crippen molar-refractivity contribution in [3.63, 3.8) is 0 Å². The van der Waals surface area contributed by atoms with E-state index in [0.717, 1.165) is 26.9 Å². The van der Waals surface area contributed by atoms with Crippen molar-refractivity contribution in [2.75, 3.05) is 20.3 Å². The molecule has 1 N–H and O–H groups in total. The Bertz CT molecular complexity index is 562. The number of halogens is 1. The normalized spacial score (nSPS) is 10.9. The van der Waals surface area contributed by atoms with Crippen molar-refractivity contribution in [2.24, 2.45) is 0 Å². The van der Waals surface area contributed by atoms with E-state index in [0.29, 0.717) is 6.61 Å². The van der Waals surface area contributed by atoms with Crippen LogP contribution in [-0.2, 0) is 11.3 Å². The maximum Gasteiger partial charge on any atom is 0.179 e. The van der Waals surface area contributed by atoms with E-state index in [1.54, 1.807) is 30.2 Å². The van der Waals surface area contributed by atoms with Gasteiger partial charge in [-0.25, -0.2) is 0 Å². The van der Waals surface area contributed by atoms with E-state index in [-0.39, 0.29) is 0 Å². The highest BCUT2D eigenvalue weighted by molar-refractivity contribution is 9.10. The minimum Gasteiger partial charge on any atom is -0.383 e. The standard InChI is InChI=1S/C13H16BrN3OS2/c1-9-16-17-13(19-9)20-12-4-3-11(14)7-10(12)8-15-5-6-18-2/h3-4,7,15H,5-6,8H2,1-2H3. The summed E-state index contributed by atoms with van der Waals surface area (Å²) in [5.74, 6) is 0. The molecule has 7 heteroatoms. The van der Waals surface area contributed by atoms with Gasteiger partial charge in [-0.3, -0.25) is 0 Å². The van der Waals surface area contributed by atoms with Crippen molar-refractivity contribution in [2.45, 2.75) is 22.7 Å². The van der Waals surface area contributed by atoms with E-state index >= 15 is 0 Å². The number of nitrogens with zero attached hydrogens (tertiary/aromatic N) is 2. The van der Waals surface area contributed by atoms with Gasteiger partial charge in [-0.2, -0.15) is 0 Å². The summed E-state index contributed by atoms with van der Waals surface area (Å²) < 4.78 is 7.10. The molecule has 0 spiro atoms. The van der Waals surface area contributed by atoms with Gasteiger partial charge in [-0.05, 0) is 30.7 Å². The average Bonchev–Trinajstić information content (AvgIpc) is 2.83. The van der Waals surface area contributed by atoms with E-state index in [1.807, 2.05) is 6.92 Å². The summed E-state index contributed by atoms with van der Waals surface area (Å²) in [7, 11) is 1.71. The minimum absolute atomic E-state index is 0.714. The number of nitrogens with one attached hydrogen (secondary N) is 1. The third-order valence-corrected chi connectivity index (χ3v) is 5.03. The van der Waals surface area contributed by atoms with Gasteiger partial charge < -0.3 is 10.1 Å². The molecule has 0 aliphatic rings. The quantitative estimate of drug-likeness (QED) is 0.752. The molecular formula is C13H16BrN3OS2. The molecule has 0 unspecified atom stereocenters. The van der Waals surface area contributed by atoms with Gasteiger partial charge in [-0.15, -0.1) is 10.2 Å².